The van der Waals surface area contributed by atoms with Crippen LogP contribution < -0.4 is 0 Å². The number of carbonyl (C=O) groups is 1. The van der Waals surface area contributed by atoms with Gasteiger partial charge in [-0.15, -0.1) is 11.3 Å². The third-order valence-electron chi connectivity index (χ3n) is 3.70. The van der Waals surface area contributed by atoms with Gasteiger partial charge in [-0.05, 0) is 28.6 Å². The molecule has 0 atom stereocenters. The average molecular weight is 338 g/mol. The maximum Gasteiger partial charge on any atom is 0.264 e. The molecule has 2 heterocycles. The number of aliphatic hydroxyl groups excluding tert-OH is 1. The second-order valence-electron chi connectivity index (χ2n) is 5.34. The Labute approximate surface area is 145 Å². The molecule has 0 radical (unpaired) electrons. The normalized spacial score (nSPS) is 10.5. The third kappa shape index (κ3) is 3.69. The van der Waals surface area contributed by atoms with Crippen molar-refractivity contribution in [1.82, 2.24) is 9.88 Å². The Morgan fingerprint density at radius 3 is 2.67 bits per heavy atom. The number of aliphatic hydroxyl groups is 1. The summed E-state index contributed by atoms with van der Waals surface area (Å²) in [6.45, 7) is 0.650. The van der Waals surface area contributed by atoms with Gasteiger partial charge < -0.3 is 10.0 Å². The molecular formula is C19H18N2O2S. The van der Waals surface area contributed by atoms with Crippen molar-refractivity contribution in [2.75, 3.05) is 13.2 Å². The van der Waals surface area contributed by atoms with Gasteiger partial charge in [-0.25, -0.2) is 0 Å². The van der Waals surface area contributed by atoms with E-state index in [0.29, 0.717) is 18.0 Å². The summed E-state index contributed by atoms with van der Waals surface area (Å²) in [5.41, 5.74) is 2.89. The highest BCUT2D eigenvalue weighted by molar-refractivity contribution is 7.12. The molecular weight excluding hydrogens is 320 g/mol. The number of aromatic nitrogens is 1. The van der Waals surface area contributed by atoms with Gasteiger partial charge in [0.05, 0.1) is 11.5 Å². The first-order chi connectivity index (χ1) is 11.8. The van der Waals surface area contributed by atoms with Gasteiger partial charge in [0.2, 0.25) is 0 Å². The minimum absolute atomic E-state index is 0.0678. The van der Waals surface area contributed by atoms with Crippen LogP contribution in [0.1, 0.15) is 15.2 Å². The maximum atomic E-state index is 13.0. The van der Waals surface area contributed by atoms with E-state index >= 15 is 0 Å². The maximum absolute atomic E-state index is 13.0. The van der Waals surface area contributed by atoms with Crippen molar-refractivity contribution in [3.05, 3.63) is 76.7 Å². The van der Waals surface area contributed by atoms with E-state index in [9.17, 15) is 9.90 Å². The van der Waals surface area contributed by atoms with Gasteiger partial charge >= 0.3 is 0 Å². The minimum Gasteiger partial charge on any atom is -0.395 e. The molecule has 1 amide bonds. The van der Waals surface area contributed by atoms with Crippen LogP contribution in [0.2, 0.25) is 0 Å². The molecule has 0 aliphatic rings. The van der Waals surface area contributed by atoms with Crippen LogP contribution in [0.25, 0.3) is 11.1 Å². The van der Waals surface area contributed by atoms with Gasteiger partial charge in [-0.1, -0.05) is 36.4 Å². The van der Waals surface area contributed by atoms with E-state index in [1.165, 1.54) is 11.3 Å². The molecule has 3 aromatic rings. The lowest BCUT2D eigenvalue weighted by molar-refractivity contribution is 0.0713. The van der Waals surface area contributed by atoms with E-state index in [0.717, 1.165) is 16.7 Å². The smallest absolute Gasteiger partial charge is 0.264 e. The Hall–Kier alpha value is -2.50. The lowest BCUT2D eigenvalue weighted by Gasteiger charge is -2.22. The van der Waals surface area contributed by atoms with Crippen molar-refractivity contribution in [1.29, 1.82) is 0 Å². The molecule has 0 saturated carbocycles. The summed E-state index contributed by atoms with van der Waals surface area (Å²) in [6.07, 6.45) is 3.44. The van der Waals surface area contributed by atoms with Gasteiger partial charge in [0.25, 0.3) is 5.91 Å². The fraction of sp³-hybridized carbons (Fsp3) is 0.158. The molecule has 2 aromatic heterocycles. The van der Waals surface area contributed by atoms with Gasteiger partial charge in [0.1, 0.15) is 0 Å². The van der Waals surface area contributed by atoms with Crippen molar-refractivity contribution in [3.63, 3.8) is 0 Å². The van der Waals surface area contributed by atoms with Crippen molar-refractivity contribution >= 4 is 17.2 Å². The van der Waals surface area contributed by atoms with E-state index in [1.807, 2.05) is 53.9 Å². The lowest BCUT2D eigenvalue weighted by Crippen LogP contribution is -2.32. The van der Waals surface area contributed by atoms with Crippen molar-refractivity contribution < 1.29 is 9.90 Å². The summed E-state index contributed by atoms with van der Waals surface area (Å²) in [7, 11) is 0. The molecule has 0 unspecified atom stereocenters. The summed E-state index contributed by atoms with van der Waals surface area (Å²) in [4.78, 5) is 19.4. The lowest BCUT2D eigenvalue weighted by atomic mass is 10.1. The molecule has 0 aliphatic heterocycles. The molecule has 0 aliphatic carbocycles. The molecule has 1 aromatic carbocycles. The summed E-state index contributed by atoms with van der Waals surface area (Å²) in [5, 5.41) is 11.3. The number of rotatable bonds is 6. The summed E-state index contributed by atoms with van der Waals surface area (Å²) in [5.74, 6) is -0.0678. The van der Waals surface area contributed by atoms with Crippen LogP contribution in [-0.4, -0.2) is 34.0 Å². The monoisotopic (exact) mass is 338 g/mol. The molecule has 0 spiro atoms. The Balaban J connectivity index is 1.87. The Kier molecular flexibility index (Phi) is 5.36. The first kappa shape index (κ1) is 16.4. The van der Waals surface area contributed by atoms with E-state index in [1.54, 1.807) is 17.3 Å². The van der Waals surface area contributed by atoms with E-state index < -0.39 is 0 Å². The highest BCUT2D eigenvalue weighted by Crippen LogP contribution is 2.29. The standard InChI is InChI=1S/C19H18N2O2S/c22-11-10-21(14-15-5-4-9-20-13-15)19(23)18-17(8-12-24-18)16-6-2-1-3-7-16/h1-9,12-13,22H,10-11,14H2. The summed E-state index contributed by atoms with van der Waals surface area (Å²) >= 11 is 1.43. The number of thiophene rings is 1. The van der Waals surface area contributed by atoms with Gasteiger partial charge in [-0.3, -0.25) is 9.78 Å². The van der Waals surface area contributed by atoms with Crippen molar-refractivity contribution in [2.24, 2.45) is 0 Å². The number of amides is 1. The van der Waals surface area contributed by atoms with Crippen LogP contribution in [0.15, 0.2) is 66.3 Å². The van der Waals surface area contributed by atoms with Crippen LogP contribution >= 0.6 is 11.3 Å². The minimum atomic E-state index is -0.0714. The Morgan fingerprint density at radius 1 is 1.12 bits per heavy atom. The predicted molar refractivity (Wildman–Crippen MR) is 95.8 cm³/mol. The fourth-order valence-electron chi connectivity index (χ4n) is 2.55. The van der Waals surface area contributed by atoms with Crippen molar-refractivity contribution in [3.8, 4) is 11.1 Å². The molecule has 122 valence electrons. The molecule has 0 bridgehead atoms. The topological polar surface area (TPSA) is 53.4 Å². The molecule has 5 heteroatoms. The molecule has 24 heavy (non-hydrogen) atoms. The van der Waals surface area contributed by atoms with Gasteiger partial charge in [0.15, 0.2) is 0 Å². The summed E-state index contributed by atoms with van der Waals surface area (Å²) in [6, 6.07) is 15.6. The molecule has 0 saturated heterocycles. The predicted octanol–water partition coefficient (Wildman–Crippen LogP) is 3.44. The third-order valence-corrected chi connectivity index (χ3v) is 4.60. The van der Waals surface area contributed by atoms with E-state index in [-0.39, 0.29) is 12.5 Å². The molecule has 4 nitrogen and oxygen atoms in total. The van der Waals surface area contributed by atoms with Gasteiger partial charge in [-0.2, -0.15) is 0 Å². The first-order valence-corrected chi connectivity index (χ1v) is 8.59. The highest BCUT2D eigenvalue weighted by atomic mass is 32.1. The zero-order valence-electron chi connectivity index (χ0n) is 13.1. The van der Waals surface area contributed by atoms with E-state index in [2.05, 4.69) is 4.98 Å². The van der Waals surface area contributed by atoms with Crippen LogP contribution in [0, 0.1) is 0 Å². The second-order valence-corrected chi connectivity index (χ2v) is 6.26. The number of hydrogen-bond acceptors (Lipinski definition) is 4. The molecule has 1 N–H and O–H groups in total. The Morgan fingerprint density at radius 2 is 1.96 bits per heavy atom. The van der Waals surface area contributed by atoms with Crippen LogP contribution in [0.5, 0.6) is 0 Å². The number of benzene rings is 1. The number of hydrogen-bond donors (Lipinski definition) is 1. The van der Waals surface area contributed by atoms with Gasteiger partial charge in [0, 0.05) is 31.0 Å². The largest absolute Gasteiger partial charge is 0.395 e. The molecule has 3 rings (SSSR count). The first-order valence-electron chi connectivity index (χ1n) is 7.71. The number of pyridine rings is 1. The second kappa shape index (κ2) is 7.86. The van der Waals surface area contributed by atoms with Crippen molar-refractivity contribution in [2.45, 2.75) is 6.54 Å². The fourth-order valence-corrected chi connectivity index (χ4v) is 3.43. The quantitative estimate of drug-likeness (QED) is 0.749. The number of carbonyl (C=O) groups excluding carboxylic acids is 1. The molecule has 0 fully saturated rings. The zero-order valence-corrected chi connectivity index (χ0v) is 13.9. The summed E-state index contributed by atoms with van der Waals surface area (Å²) < 4.78 is 0. The van der Waals surface area contributed by atoms with E-state index in [4.69, 9.17) is 0 Å². The number of nitrogens with zero attached hydrogens (tertiary/aromatic N) is 2. The van der Waals surface area contributed by atoms with Crippen LogP contribution in [-0.2, 0) is 6.54 Å². The average Bonchev–Trinajstić information content (AvgIpc) is 3.12. The SMILES string of the molecule is O=C(c1sccc1-c1ccccc1)N(CCO)Cc1cccnc1. The van der Waals surface area contributed by atoms with Crippen LogP contribution in [0.4, 0.5) is 0 Å². The van der Waals surface area contributed by atoms with Crippen LogP contribution in [0.3, 0.4) is 0 Å². The zero-order chi connectivity index (χ0) is 16.8. The highest BCUT2D eigenvalue weighted by Gasteiger charge is 2.21. The Bertz CT molecular complexity index is 787.